The van der Waals surface area contributed by atoms with Crippen molar-refractivity contribution in [2.24, 2.45) is 87.1 Å². The summed E-state index contributed by atoms with van der Waals surface area (Å²) in [5.74, 6) is 6.53. The van der Waals surface area contributed by atoms with E-state index in [2.05, 4.69) is 73.0 Å². The van der Waals surface area contributed by atoms with Crippen molar-refractivity contribution in [3.05, 3.63) is 71.1 Å². The lowest BCUT2D eigenvalue weighted by molar-refractivity contribution is -0.139. The molecule has 4 aromatic rings. The zero-order valence-electron chi connectivity index (χ0n) is 51.8. The summed E-state index contributed by atoms with van der Waals surface area (Å²) in [5, 5.41) is 35.1. The second kappa shape index (κ2) is 30.1. The summed E-state index contributed by atoms with van der Waals surface area (Å²) < 4.78 is 0. The predicted octanol–water partition coefficient (Wildman–Crippen LogP) is 14.0. The molecule has 8 saturated carbocycles. The number of hydrogen-bond donors (Lipinski definition) is 9. The van der Waals surface area contributed by atoms with Crippen molar-refractivity contribution in [1.29, 1.82) is 0 Å². The lowest BCUT2D eigenvalue weighted by Crippen LogP contribution is -2.29. The van der Waals surface area contributed by atoms with Gasteiger partial charge in [-0.1, -0.05) is 135 Å². The highest BCUT2D eigenvalue weighted by Crippen LogP contribution is 2.52. The minimum atomic E-state index is -0.833. The molecular weight excluding hydrogens is 1090 g/mol. The Balaban J connectivity index is 0.000000127. The Labute approximate surface area is 513 Å². The van der Waals surface area contributed by atoms with Crippen LogP contribution in [0.4, 0.5) is 11.4 Å². The molecule has 11 aliphatic rings. The van der Waals surface area contributed by atoms with Crippen LogP contribution in [0.15, 0.2) is 59.0 Å². The molecule has 17 nitrogen and oxygen atoms in total. The average molecular weight is 1190 g/mol. The van der Waals surface area contributed by atoms with Crippen LogP contribution in [0.2, 0.25) is 0 Å². The third kappa shape index (κ3) is 17.2. The van der Waals surface area contributed by atoms with E-state index in [1.807, 2.05) is 24.5 Å². The molecule has 470 valence electrons. The van der Waals surface area contributed by atoms with Crippen LogP contribution in [0, 0.1) is 76.9 Å². The first-order chi connectivity index (χ1) is 42.2. The fourth-order valence-electron chi connectivity index (χ4n) is 15.9. The van der Waals surface area contributed by atoms with Gasteiger partial charge < -0.3 is 36.1 Å². The number of hydrazone groups is 2. The number of aromatic amines is 2. The number of H-pyrrole nitrogens is 2. The summed E-state index contributed by atoms with van der Waals surface area (Å²) in [6.07, 6.45) is 46.2. The monoisotopic (exact) mass is 1190 g/mol. The molecule has 0 bridgehead atoms. The summed E-state index contributed by atoms with van der Waals surface area (Å²) in [4.78, 5) is 75.8. The Morgan fingerprint density at radius 2 is 0.908 bits per heavy atom. The molecule has 2 aromatic heterocycles. The molecule has 9 fully saturated rings. The van der Waals surface area contributed by atoms with Gasteiger partial charge in [0.2, 0.25) is 11.8 Å². The van der Waals surface area contributed by atoms with Crippen molar-refractivity contribution in [2.45, 2.75) is 188 Å². The van der Waals surface area contributed by atoms with E-state index in [0.29, 0.717) is 46.2 Å². The highest BCUT2D eigenvalue weighted by Gasteiger charge is 2.49. The van der Waals surface area contributed by atoms with Gasteiger partial charge in [-0.25, -0.2) is 10.9 Å². The number of piperidine rings is 1. The van der Waals surface area contributed by atoms with Gasteiger partial charge in [-0.2, -0.15) is 10.2 Å². The summed E-state index contributed by atoms with van der Waals surface area (Å²) >= 11 is 0. The van der Waals surface area contributed by atoms with Crippen LogP contribution in [0.25, 0.3) is 21.8 Å². The molecule has 2 aromatic carbocycles. The van der Waals surface area contributed by atoms with Gasteiger partial charge in [0, 0.05) is 75.5 Å². The molecule has 8 aliphatic carbocycles. The number of hydrogen-bond acceptors (Lipinski definition) is 9. The second-order valence-electron chi connectivity index (χ2n) is 27.2. The van der Waals surface area contributed by atoms with Gasteiger partial charge in [-0.3, -0.25) is 28.8 Å². The second-order valence-corrected chi connectivity index (χ2v) is 27.2. The number of carbonyl (C=O) groups is 6. The third-order valence-corrected chi connectivity index (χ3v) is 20.9. The molecule has 9 N–H and O–H groups in total. The molecule has 15 rings (SSSR count). The summed E-state index contributed by atoms with van der Waals surface area (Å²) in [6.45, 7) is 7.73. The van der Waals surface area contributed by atoms with E-state index in [1.165, 1.54) is 116 Å². The van der Waals surface area contributed by atoms with Gasteiger partial charge in [0.1, 0.15) is 0 Å². The smallest absolute Gasteiger partial charge is 0.306 e. The van der Waals surface area contributed by atoms with Gasteiger partial charge in [0.25, 0.3) is 17.8 Å². The number of aromatic nitrogens is 2. The van der Waals surface area contributed by atoms with E-state index in [0.717, 1.165) is 121 Å². The summed E-state index contributed by atoms with van der Waals surface area (Å²) in [5.41, 5.74) is 10.8. The minimum Gasteiger partial charge on any atom is -0.481 e. The highest BCUT2D eigenvalue weighted by atomic mass is 16.4. The van der Waals surface area contributed by atoms with Crippen molar-refractivity contribution in [3.63, 3.8) is 0 Å². The van der Waals surface area contributed by atoms with Crippen LogP contribution in [-0.2, 0) is 19.2 Å². The lowest BCUT2D eigenvalue weighted by atomic mass is 9.85. The van der Waals surface area contributed by atoms with Gasteiger partial charge >= 0.3 is 5.97 Å². The van der Waals surface area contributed by atoms with Crippen LogP contribution >= 0.6 is 0 Å². The molecule has 8 atom stereocenters. The summed E-state index contributed by atoms with van der Waals surface area (Å²) in [7, 11) is 0. The molecule has 5 heterocycles. The SMILES string of the molecule is C/C=C/C1CCCCC1.CC(=O)O.CC1CC1C1CCCCC1.O=C(O)C1CC1C1CCCCC1.O=C1NN=Cc2c[nH]c3cc(NC(=O)C4CC4C4CCCCC4)cc1c23.O=C1NN=Cc2c[nH]c3cc(NC(=O)C4CC4C4CCNCC4)cc1c23. The lowest BCUT2D eigenvalue weighted by Gasteiger charge is -2.22. The first-order valence-corrected chi connectivity index (χ1v) is 33.6. The molecular formula is C70H97N9O8. The Hall–Kier alpha value is -6.62. The third-order valence-electron chi connectivity index (χ3n) is 20.9. The van der Waals surface area contributed by atoms with Crippen LogP contribution in [0.1, 0.15) is 220 Å². The van der Waals surface area contributed by atoms with E-state index >= 15 is 0 Å². The van der Waals surface area contributed by atoms with Gasteiger partial charge in [0.15, 0.2) is 0 Å². The maximum absolute atomic E-state index is 12.7. The predicted molar refractivity (Wildman–Crippen MR) is 344 cm³/mol. The number of carbonyl (C=O) groups excluding carboxylic acids is 4. The molecule has 8 unspecified atom stereocenters. The van der Waals surface area contributed by atoms with Gasteiger partial charge in [-0.15, -0.1) is 0 Å². The number of allylic oxidation sites excluding steroid dienone is 2. The normalized spacial score (nSPS) is 27.4. The molecule has 0 radical (unpaired) electrons. The van der Waals surface area contributed by atoms with E-state index in [1.54, 1.807) is 43.8 Å². The number of carboxylic acid groups (broad SMARTS) is 2. The van der Waals surface area contributed by atoms with Crippen LogP contribution < -0.4 is 26.8 Å². The van der Waals surface area contributed by atoms with Gasteiger partial charge in [-0.05, 0) is 155 Å². The Morgan fingerprint density at radius 3 is 1.30 bits per heavy atom. The zero-order chi connectivity index (χ0) is 61.0. The van der Waals surface area contributed by atoms with Crippen LogP contribution in [-0.4, -0.2) is 81.3 Å². The maximum atomic E-state index is 12.7. The molecule has 0 spiro atoms. The average Bonchev–Trinajstić information content (AvgIpc) is 2.89. The number of rotatable bonds is 10. The minimum absolute atomic E-state index is 0.0214. The van der Waals surface area contributed by atoms with Crippen molar-refractivity contribution in [3.8, 4) is 0 Å². The standard InChI is InChI=1S/C20H22N4O2.C19H21N5O2.C10H16O2.C10H18.C9H16.C2H4O2/c25-19(15-8-14(15)11-4-2-1-3-5-11)23-13-6-16-18-12(9-21-17(18)7-13)10-22-24-20(16)26;25-18(14-7-13(14)10-1-3-20-4-2-10)23-12-5-15-17-11(8-21-16(17)6-12)9-22-24-19(15)26;11-10(12)9-6-8(9)7-4-2-1-3-5-7;1-8-7-10(8)9-5-3-2-4-6-9;1-2-6-9-7-4-3-5-8-9;1-2(3)4/h6-7,9-11,14-15,21H,1-5,8H2,(H,23,25)(H,24,26);5-6,8-10,13-14,20-21H,1-4,7H2,(H,23,25)(H,24,26);7-9H,1-6H2,(H,11,12);8-10H,2-7H2,1H3;2,6,9H,3-5,7-8H2,1H3;1H3,(H,3,4)/b;;;;6-2+;. The highest BCUT2D eigenvalue weighted by molar-refractivity contribution is 6.16. The molecule has 87 heavy (non-hydrogen) atoms. The van der Waals surface area contributed by atoms with E-state index in [9.17, 15) is 24.0 Å². The van der Waals surface area contributed by atoms with Crippen molar-refractivity contribution < 1.29 is 39.0 Å². The first-order valence-electron chi connectivity index (χ1n) is 33.6. The number of nitrogens with zero attached hydrogens (tertiary/aromatic N) is 2. The Morgan fingerprint density at radius 1 is 0.529 bits per heavy atom. The van der Waals surface area contributed by atoms with E-state index in [-0.39, 0.29) is 41.4 Å². The summed E-state index contributed by atoms with van der Waals surface area (Å²) in [6, 6.07) is 7.27. The fourth-order valence-corrected chi connectivity index (χ4v) is 15.9. The maximum Gasteiger partial charge on any atom is 0.306 e. The topological polar surface area (TPSA) is 259 Å². The Bertz CT molecular complexity index is 2970. The first kappa shape index (κ1) is 63.4. The molecule has 17 heteroatoms. The molecule has 1 saturated heterocycles. The van der Waals surface area contributed by atoms with E-state index < -0.39 is 11.9 Å². The van der Waals surface area contributed by atoms with Crippen LogP contribution in [0.5, 0.6) is 0 Å². The number of carboxylic acids is 2. The van der Waals surface area contributed by atoms with Crippen LogP contribution in [0.3, 0.4) is 0 Å². The number of benzene rings is 2. The zero-order valence-corrected chi connectivity index (χ0v) is 51.8. The number of anilines is 2. The van der Waals surface area contributed by atoms with Gasteiger partial charge in [0.05, 0.1) is 29.5 Å². The fraction of sp³-hybridized carbons (Fsp3) is 0.629. The molecule has 3 aliphatic heterocycles. The quantitative estimate of drug-likeness (QED) is 0.0683. The Kier molecular flexibility index (Phi) is 21.9. The van der Waals surface area contributed by atoms with Crippen molar-refractivity contribution in [1.82, 2.24) is 26.1 Å². The van der Waals surface area contributed by atoms with Crippen molar-refractivity contribution >= 4 is 81.2 Å². The van der Waals surface area contributed by atoms with E-state index in [4.69, 9.17) is 15.0 Å². The van der Waals surface area contributed by atoms with Crippen molar-refractivity contribution in [2.75, 3.05) is 23.7 Å². The number of aliphatic carboxylic acids is 2. The molecule has 4 amide bonds. The number of nitrogens with one attached hydrogen (secondary N) is 7. The largest absolute Gasteiger partial charge is 0.481 e. The number of amides is 4.